The summed E-state index contributed by atoms with van der Waals surface area (Å²) in [4.78, 5) is 2.38. The lowest BCUT2D eigenvalue weighted by atomic mass is 10.2. The quantitative estimate of drug-likeness (QED) is 0.191. The first-order valence-electron chi connectivity index (χ1n) is 9.81. The van der Waals surface area contributed by atoms with Crippen LogP contribution in [-0.4, -0.2) is 13.0 Å². The van der Waals surface area contributed by atoms with Crippen molar-refractivity contribution in [3.8, 4) is 5.75 Å². The number of para-hydroxylation sites is 2. The van der Waals surface area contributed by atoms with Crippen molar-refractivity contribution in [2.24, 2.45) is 0 Å². The summed E-state index contributed by atoms with van der Waals surface area (Å²) in [7, 11) is -4.40. The van der Waals surface area contributed by atoms with Gasteiger partial charge in [0.25, 0.3) is 0 Å². The Bertz CT molecular complexity index is 1490. The molecule has 1 aliphatic rings. The normalized spacial score (nSPS) is 14.1. The number of rotatable bonds is 3. The number of hydrogen-bond acceptors (Lipinski definition) is 3. The standard InChI is InChI=1S/C18H13OS.C8H8O3S/c1-2-8-14(9-3-1)20-17-12-6-4-10-15(17)19-16-11-5-7-13-18(16)20;1-2-7-3-5-8(6-4-7)12(9,10)11/h1-13H;2-6H,1H2,(H,9,10,11)/q+1;/p-1. The minimum atomic E-state index is -4.31. The molecule has 0 radical (unpaired) electrons. The average molecular weight is 461 g/mol. The summed E-state index contributed by atoms with van der Waals surface area (Å²) in [5.41, 5.74) is 1.75. The zero-order valence-corrected chi connectivity index (χ0v) is 18.7. The van der Waals surface area contributed by atoms with Gasteiger partial charge in [0.2, 0.25) is 0 Å². The van der Waals surface area contributed by atoms with E-state index in [-0.39, 0.29) is 15.4 Å². The highest BCUT2D eigenvalue weighted by atomic mass is 32.2. The Balaban J connectivity index is 0.000000176. The van der Waals surface area contributed by atoms with E-state index in [0.717, 1.165) is 16.7 Å². The molecule has 4 aromatic carbocycles. The van der Waals surface area contributed by atoms with Gasteiger partial charge in [0.1, 0.15) is 19.5 Å². The van der Waals surface area contributed by atoms with Crippen LogP contribution < -0.4 is 5.43 Å². The number of hydrogen-bond donors (Lipinski definition) is 0. The fraction of sp³-hybridized carbons (Fsp3) is 0. The number of benzene rings is 4. The molecule has 0 fully saturated rings. The van der Waals surface area contributed by atoms with Crippen LogP contribution in [0.15, 0.2) is 129 Å². The van der Waals surface area contributed by atoms with Crippen LogP contribution in [-0.2, 0) is 10.1 Å². The van der Waals surface area contributed by atoms with Gasteiger partial charge in [0.05, 0.1) is 4.90 Å². The van der Waals surface area contributed by atoms with Crippen LogP contribution in [0.4, 0.5) is 0 Å². The molecule has 0 aliphatic carbocycles. The summed E-state index contributed by atoms with van der Waals surface area (Å²) in [6.45, 7) is 3.50. The molecule has 1 aliphatic heterocycles. The van der Waals surface area contributed by atoms with Crippen LogP contribution in [0.5, 0.6) is 5.75 Å². The third-order valence-corrected chi connectivity index (χ3v) is 7.89. The van der Waals surface area contributed by atoms with Gasteiger partial charge >= 0.3 is 11.2 Å². The SMILES string of the molecule is C=Cc1ccc(S(=O)(=O)[O-])cc1.c1ccc(S2=c3ccccc3=[O+]c3ccccc32)cc1. The highest BCUT2D eigenvalue weighted by Crippen LogP contribution is 2.45. The lowest BCUT2D eigenvalue weighted by Gasteiger charge is -2.10. The van der Waals surface area contributed by atoms with Gasteiger partial charge in [-0.3, -0.25) is 0 Å². The van der Waals surface area contributed by atoms with Crippen molar-refractivity contribution in [2.75, 3.05) is 0 Å². The molecule has 5 rings (SSSR count). The zero-order chi connectivity index (χ0) is 22.6. The molecule has 32 heavy (non-hydrogen) atoms. The van der Waals surface area contributed by atoms with E-state index in [9.17, 15) is 13.0 Å². The lowest BCUT2D eigenvalue weighted by Crippen LogP contribution is -2.05. The second-order valence-corrected chi connectivity index (χ2v) is 10.2. The van der Waals surface area contributed by atoms with Gasteiger partial charge in [0.15, 0.2) is 0 Å². The van der Waals surface area contributed by atoms with Crippen molar-refractivity contribution in [3.05, 3.63) is 130 Å². The molecule has 1 heterocycles. The summed E-state index contributed by atoms with van der Waals surface area (Å²) >= 11 is 0. The summed E-state index contributed by atoms with van der Waals surface area (Å²) in [6, 6.07) is 32.9. The molecule has 4 aromatic rings. The molecule has 4 nitrogen and oxygen atoms in total. The molecule has 0 bridgehead atoms. The van der Waals surface area contributed by atoms with Crippen LogP contribution in [0.2, 0.25) is 0 Å². The third-order valence-electron chi connectivity index (χ3n) is 4.74. The average Bonchev–Trinajstić information content (AvgIpc) is 2.83. The topological polar surface area (TPSA) is 68.5 Å². The summed E-state index contributed by atoms with van der Waals surface area (Å²) in [5.74, 6) is 0.971. The highest BCUT2D eigenvalue weighted by molar-refractivity contribution is 8.09. The van der Waals surface area contributed by atoms with E-state index in [2.05, 4.69) is 61.2 Å². The van der Waals surface area contributed by atoms with Gasteiger partial charge < -0.3 is 4.55 Å². The maximum Gasteiger partial charge on any atom is 0.366 e. The Morgan fingerprint density at radius 2 is 1.41 bits per heavy atom. The van der Waals surface area contributed by atoms with Gasteiger partial charge in [-0.25, -0.2) is 12.8 Å². The van der Waals surface area contributed by atoms with Crippen molar-refractivity contribution >= 4 is 26.7 Å². The Labute approximate surface area is 189 Å². The van der Waals surface area contributed by atoms with Gasteiger partial charge in [0, 0.05) is 17.0 Å². The van der Waals surface area contributed by atoms with Gasteiger partial charge in [-0.2, -0.15) is 0 Å². The van der Waals surface area contributed by atoms with E-state index in [0.29, 0.717) is 0 Å². The van der Waals surface area contributed by atoms with Gasteiger partial charge in [-0.15, -0.1) is 0 Å². The molecule has 1 unspecified atom stereocenters. The molecule has 0 saturated heterocycles. The fourth-order valence-corrected chi connectivity index (χ4v) is 5.92. The van der Waals surface area contributed by atoms with E-state index >= 15 is 0 Å². The molecule has 1 atom stereocenters. The van der Waals surface area contributed by atoms with E-state index in [1.54, 1.807) is 6.08 Å². The predicted octanol–water partition coefficient (Wildman–Crippen LogP) is 5.90. The molecule has 0 N–H and O–H groups in total. The molecule has 160 valence electrons. The van der Waals surface area contributed by atoms with Crippen LogP contribution in [0.3, 0.4) is 0 Å². The van der Waals surface area contributed by atoms with Crippen LogP contribution in [0.1, 0.15) is 5.56 Å². The maximum absolute atomic E-state index is 10.5. The fourth-order valence-electron chi connectivity index (χ4n) is 3.22. The highest BCUT2D eigenvalue weighted by Gasteiger charge is 2.22. The van der Waals surface area contributed by atoms with Crippen molar-refractivity contribution < 1.29 is 13.0 Å². The van der Waals surface area contributed by atoms with E-state index in [1.807, 2.05) is 24.3 Å². The monoisotopic (exact) mass is 460 g/mol. The molecule has 0 amide bonds. The van der Waals surface area contributed by atoms with E-state index in [1.165, 1.54) is 38.6 Å². The van der Waals surface area contributed by atoms with E-state index < -0.39 is 10.1 Å². The maximum atomic E-state index is 10.5. The van der Waals surface area contributed by atoms with Gasteiger partial charge in [-0.05, 0) is 42.0 Å². The molecular weight excluding hydrogens is 440 g/mol. The smallest absolute Gasteiger partial charge is 0.366 e. The lowest BCUT2D eigenvalue weighted by molar-refractivity contribution is 0.463. The summed E-state index contributed by atoms with van der Waals surface area (Å²) in [5, 5.41) is 0. The van der Waals surface area contributed by atoms with Crippen LogP contribution in [0.25, 0.3) is 6.08 Å². The molecule has 0 saturated carbocycles. The summed E-state index contributed by atoms with van der Waals surface area (Å²) < 4.78 is 38.7. The largest absolute Gasteiger partial charge is 0.744 e. The molecule has 0 aromatic heterocycles. The molecular formula is C26H20O4S2. The number of fused-ring (bicyclic) bond motifs is 2. The Morgan fingerprint density at radius 1 is 0.781 bits per heavy atom. The zero-order valence-electron chi connectivity index (χ0n) is 17.0. The van der Waals surface area contributed by atoms with Crippen molar-refractivity contribution in [3.63, 3.8) is 0 Å². The second kappa shape index (κ2) is 9.44. The first kappa shape index (κ1) is 21.9. The summed E-state index contributed by atoms with van der Waals surface area (Å²) in [6.07, 6.45) is 1.57. The minimum Gasteiger partial charge on any atom is -0.744 e. The van der Waals surface area contributed by atoms with Crippen molar-refractivity contribution in [1.82, 2.24) is 0 Å². The van der Waals surface area contributed by atoms with Gasteiger partial charge in [-0.1, -0.05) is 77.7 Å². The Hall–Kier alpha value is -3.32. The Kier molecular flexibility index (Phi) is 6.46. The van der Waals surface area contributed by atoms with Crippen molar-refractivity contribution in [2.45, 2.75) is 14.7 Å². The minimum absolute atomic E-state index is 0.0829. The second-order valence-electron chi connectivity index (χ2n) is 6.84. The predicted molar refractivity (Wildman–Crippen MR) is 128 cm³/mol. The first-order valence-corrected chi connectivity index (χ1v) is 12.4. The van der Waals surface area contributed by atoms with Crippen molar-refractivity contribution in [1.29, 1.82) is 0 Å². The molecule has 6 heteroatoms. The van der Waals surface area contributed by atoms with Crippen LogP contribution in [0, 0.1) is 4.51 Å². The third kappa shape index (κ3) is 4.78. The van der Waals surface area contributed by atoms with Crippen LogP contribution >= 0.6 is 10.5 Å². The molecule has 0 spiro atoms. The first-order chi connectivity index (χ1) is 15.5. The van der Waals surface area contributed by atoms with E-state index in [4.69, 9.17) is 4.42 Å². The Morgan fingerprint density at radius 3 is 2.09 bits per heavy atom.